The molecule has 1 amide bonds. The molecule has 0 fully saturated rings. The molecule has 0 aliphatic rings. The minimum absolute atomic E-state index is 0.129. The number of amides is 1. The van der Waals surface area contributed by atoms with E-state index in [4.69, 9.17) is 16.7 Å². The number of carboxylic acids is 1. The van der Waals surface area contributed by atoms with E-state index in [1.165, 1.54) is 12.1 Å². The first kappa shape index (κ1) is 16.3. The summed E-state index contributed by atoms with van der Waals surface area (Å²) in [7, 11) is 0. The van der Waals surface area contributed by atoms with Crippen LogP contribution in [0.1, 0.15) is 11.1 Å². The van der Waals surface area contributed by atoms with Crippen LogP contribution < -0.4 is 5.32 Å². The summed E-state index contributed by atoms with van der Waals surface area (Å²) in [6.45, 7) is 0. The molecule has 0 radical (unpaired) electrons. The molecule has 2 N–H and O–H groups in total. The Kier molecular flexibility index (Phi) is 5.38. The van der Waals surface area contributed by atoms with Crippen molar-refractivity contribution in [3.63, 3.8) is 0 Å². The Morgan fingerprint density at radius 3 is 2.20 bits per heavy atom. The third kappa shape index (κ3) is 4.73. The lowest BCUT2D eigenvalue weighted by molar-refractivity contribution is -0.141. The van der Waals surface area contributed by atoms with Crippen molar-refractivity contribution in [2.45, 2.75) is 18.6 Å². The number of rotatable bonds is 5. The topological polar surface area (TPSA) is 66.4 Å². The highest BCUT2D eigenvalue weighted by atomic mass is 35.5. The van der Waals surface area contributed by atoms with Crippen molar-refractivity contribution < 1.29 is 27.9 Å². The number of hydrogen-bond acceptors (Lipinski definition) is 2. The van der Waals surface area contributed by atoms with E-state index in [1.54, 1.807) is 0 Å². The van der Waals surface area contributed by atoms with Gasteiger partial charge in [0, 0.05) is 6.42 Å². The molecule has 1 rings (SSSR count). The Hall–Kier alpha value is -1.76. The number of benzene rings is 1. The molecule has 1 aromatic rings. The Bertz CT molecular complexity index is 488. The molecule has 0 spiro atoms. The smallest absolute Gasteiger partial charge is 0.416 e. The number of carbonyl (C=O) groups excluding carboxylic acids is 1. The zero-order chi connectivity index (χ0) is 15.3. The molecule has 0 heterocycles. The van der Waals surface area contributed by atoms with E-state index < -0.39 is 35.5 Å². The second kappa shape index (κ2) is 6.60. The molecule has 1 atom stereocenters. The first-order chi connectivity index (χ1) is 9.24. The second-order valence-corrected chi connectivity index (χ2v) is 4.26. The summed E-state index contributed by atoms with van der Waals surface area (Å²) in [6.07, 6.45) is -4.58. The number of alkyl halides is 4. The monoisotopic (exact) mass is 309 g/mol. The first-order valence-corrected chi connectivity index (χ1v) is 6.01. The molecular formula is C12H11ClF3NO3. The molecule has 110 valence electrons. The van der Waals surface area contributed by atoms with Gasteiger partial charge in [0.25, 0.3) is 0 Å². The lowest BCUT2D eigenvalue weighted by Crippen LogP contribution is -2.42. The van der Waals surface area contributed by atoms with Crippen LogP contribution in [0.3, 0.4) is 0 Å². The minimum Gasteiger partial charge on any atom is -0.480 e. The maximum absolute atomic E-state index is 12.4. The van der Waals surface area contributed by atoms with Crippen molar-refractivity contribution in [3.05, 3.63) is 35.4 Å². The summed E-state index contributed by atoms with van der Waals surface area (Å²) in [4.78, 5) is 22.0. The number of hydrogen-bond donors (Lipinski definition) is 2. The summed E-state index contributed by atoms with van der Waals surface area (Å²) >= 11 is 5.24. The summed E-state index contributed by atoms with van der Waals surface area (Å²) in [5.41, 5.74) is -0.460. The maximum Gasteiger partial charge on any atom is 0.416 e. The van der Waals surface area contributed by atoms with Gasteiger partial charge in [0.15, 0.2) is 0 Å². The Labute approximate surface area is 117 Å². The highest BCUT2D eigenvalue weighted by Gasteiger charge is 2.30. The molecule has 0 aliphatic heterocycles. The Morgan fingerprint density at radius 1 is 1.25 bits per heavy atom. The van der Waals surface area contributed by atoms with Crippen LogP contribution in [-0.4, -0.2) is 28.9 Å². The van der Waals surface area contributed by atoms with Crippen LogP contribution >= 0.6 is 11.6 Å². The van der Waals surface area contributed by atoms with Crippen LogP contribution in [0.2, 0.25) is 0 Å². The summed E-state index contributed by atoms with van der Waals surface area (Å²) in [5, 5.41) is 11.1. The zero-order valence-electron chi connectivity index (χ0n) is 10.1. The molecule has 20 heavy (non-hydrogen) atoms. The summed E-state index contributed by atoms with van der Waals surface area (Å²) < 4.78 is 37.1. The standard InChI is InChI=1S/C12H11ClF3NO3/c13-6-10(18)17-9(11(19)20)5-7-1-3-8(4-2-7)12(14,15)16/h1-4,9H,5-6H2,(H,17,18)(H,19,20)/t9-/m1/s1. The average Bonchev–Trinajstić information content (AvgIpc) is 2.37. The van der Waals surface area contributed by atoms with Crippen molar-refractivity contribution in [2.75, 3.05) is 5.88 Å². The third-order valence-electron chi connectivity index (χ3n) is 2.48. The van der Waals surface area contributed by atoms with Gasteiger partial charge in [-0.15, -0.1) is 11.6 Å². The van der Waals surface area contributed by atoms with Gasteiger partial charge in [-0.3, -0.25) is 4.79 Å². The number of nitrogens with one attached hydrogen (secondary N) is 1. The molecule has 4 nitrogen and oxygen atoms in total. The predicted molar refractivity (Wildman–Crippen MR) is 65.4 cm³/mol. The number of halogens is 4. The van der Waals surface area contributed by atoms with E-state index in [0.717, 1.165) is 12.1 Å². The molecule has 0 bridgehead atoms. The second-order valence-electron chi connectivity index (χ2n) is 3.99. The highest BCUT2D eigenvalue weighted by Crippen LogP contribution is 2.29. The van der Waals surface area contributed by atoms with Crippen molar-refractivity contribution in [1.29, 1.82) is 0 Å². The Morgan fingerprint density at radius 2 is 1.80 bits per heavy atom. The van der Waals surface area contributed by atoms with Crippen molar-refractivity contribution >= 4 is 23.5 Å². The van der Waals surface area contributed by atoms with Gasteiger partial charge in [0.1, 0.15) is 11.9 Å². The lowest BCUT2D eigenvalue weighted by Gasteiger charge is -2.14. The average molecular weight is 310 g/mol. The van der Waals surface area contributed by atoms with E-state index in [2.05, 4.69) is 5.32 Å². The van der Waals surface area contributed by atoms with Gasteiger partial charge in [0.2, 0.25) is 5.91 Å². The fourth-order valence-corrected chi connectivity index (χ4v) is 1.58. The zero-order valence-corrected chi connectivity index (χ0v) is 10.8. The maximum atomic E-state index is 12.4. The van der Waals surface area contributed by atoms with E-state index in [0.29, 0.717) is 5.56 Å². The van der Waals surface area contributed by atoms with Crippen LogP contribution in [0, 0.1) is 0 Å². The van der Waals surface area contributed by atoms with Crippen LogP contribution in [0.5, 0.6) is 0 Å². The van der Waals surface area contributed by atoms with Gasteiger partial charge in [-0.05, 0) is 17.7 Å². The fourth-order valence-electron chi connectivity index (χ4n) is 1.50. The van der Waals surface area contributed by atoms with Crippen molar-refractivity contribution in [2.24, 2.45) is 0 Å². The molecule has 0 unspecified atom stereocenters. The normalized spacial score (nSPS) is 12.8. The molecule has 1 aromatic carbocycles. The Balaban J connectivity index is 2.79. The quantitative estimate of drug-likeness (QED) is 0.818. The van der Waals surface area contributed by atoms with Gasteiger partial charge in [-0.1, -0.05) is 12.1 Å². The number of aliphatic carboxylic acids is 1. The molecule has 0 saturated carbocycles. The summed E-state index contributed by atoms with van der Waals surface area (Å²) in [6, 6.07) is 2.82. The summed E-state index contributed by atoms with van der Waals surface area (Å²) in [5.74, 6) is -2.34. The van der Waals surface area contributed by atoms with Crippen molar-refractivity contribution in [1.82, 2.24) is 5.32 Å². The molecule has 0 aromatic heterocycles. The van der Waals surface area contributed by atoms with Gasteiger partial charge < -0.3 is 10.4 Å². The van der Waals surface area contributed by atoms with E-state index >= 15 is 0 Å². The lowest BCUT2D eigenvalue weighted by atomic mass is 10.0. The highest BCUT2D eigenvalue weighted by molar-refractivity contribution is 6.27. The van der Waals surface area contributed by atoms with E-state index in [9.17, 15) is 22.8 Å². The van der Waals surface area contributed by atoms with Gasteiger partial charge in [0.05, 0.1) is 5.56 Å². The van der Waals surface area contributed by atoms with Gasteiger partial charge in [-0.2, -0.15) is 13.2 Å². The first-order valence-electron chi connectivity index (χ1n) is 5.48. The van der Waals surface area contributed by atoms with Gasteiger partial charge >= 0.3 is 12.1 Å². The fraction of sp³-hybridized carbons (Fsp3) is 0.333. The molecule has 0 aliphatic carbocycles. The van der Waals surface area contributed by atoms with Crippen LogP contribution in [0.4, 0.5) is 13.2 Å². The van der Waals surface area contributed by atoms with Gasteiger partial charge in [-0.25, -0.2) is 4.79 Å². The minimum atomic E-state index is -4.45. The molecule has 0 saturated heterocycles. The number of carbonyl (C=O) groups is 2. The predicted octanol–water partition coefficient (Wildman–Crippen LogP) is 2.06. The van der Waals surface area contributed by atoms with E-state index in [1.807, 2.05) is 0 Å². The molecular weight excluding hydrogens is 299 g/mol. The molecule has 8 heteroatoms. The largest absolute Gasteiger partial charge is 0.480 e. The van der Waals surface area contributed by atoms with Crippen LogP contribution in [0.25, 0.3) is 0 Å². The SMILES string of the molecule is O=C(CCl)N[C@H](Cc1ccc(C(F)(F)F)cc1)C(=O)O. The number of carboxylic acid groups (broad SMARTS) is 1. The van der Waals surface area contributed by atoms with E-state index in [-0.39, 0.29) is 6.42 Å². The van der Waals surface area contributed by atoms with Crippen molar-refractivity contribution in [3.8, 4) is 0 Å². The third-order valence-corrected chi connectivity index (χ3v) is 2.72. The van der Waals surface area contributed by atoms with Crippen LogP contribution in [0.15, 0.2) is 24.3 Å². The van der Waals surface area contributed by atoms with Crippen LogP contribution in [-0.2, 0) is 22.2 Å².